The summed E-state index contributed by atoms with van der Waals surface area (Å²) in [6.45, 7) is 0.374. The number of hydrogen-bond donors (Lipinski definition) is 2. The Bertz CT molecular complexity index is 395. The Hall–Kier alpha value is -1.46. The number of benzene rings is 1. The number of halogens is 1. The molecule has 5 heteroatoms. The maximum atomic E-state index is 13.5. The number of carboxylic acid groups (broad SMARTS) is 1. The fourth-order valence-corrected chi connectivity index (χ4v) is 1.57. The van der Waals surface area contributed by atoms with Crippen molar-refractivity contribution in [1.29, 1.82) is 0 Å². The van der Waals surface area contributed by atoms with E-state index in [0.29, 0.717) is 12.2 Å². The minimum absolute atomic E-state index is 0.0743. The molecule has 3 N–H and O–H groups in total. The number of nitrogens with two attached hydrogens (primary N) is 1. The van der Waals surface area contributed by atoms with Crippen molar-refractivity contribution < 1.29 is 19.0 Å². The highest BCUT2D eigenvalue weighted by Crippen LogP contribution is 2.21. The molecule has 0 bridgehead atoms. The third-order valence-electron chi connectivity index (χ3n) is 2.44. The summed E-state index contributed by atoms with van der Waals surface area (Å²) in [5.41, 5.74) is 6.91. The largest absolute Gasteiger partial charge is 0.481 e. The van der Waals surface area contributed by atoms with Gasteiger partial charge in [0.05, 0.1) is 6.61 Å². The normalized spacial score (nSPS) is 12.4. The van der Waals surface area contributed by atoms with E-state index in [-0.39, 0.29) is 12.8 Å². The molecule has 0 radical (unpaired) electrons. The van der Waals surface area contributed by atoms with Crippen LogP contribution in [-0.4, -0.2) is 18.2 Å². The van der Waals surface area contributed by atoms with Crippen molar-refractivity contribution in [3.63, 3.8) is 0 Å². The van der Waals surface area contributed by atoms with Gasteiger partial charge < -0.3 is 15.6 Å². The van der Waals surface area contributed by atoms with Crippen LogP contribution in [0.3, 0.4) is 0 Å². The average Bonchev–Trinajstić information content (AvgIpc) is 2.29. The Morgan fingerprint density at radius 1 is 1.59 bits per heavy atom. The minimum atomic E-state index is -0.936. The quantitative estimate of drug-likeness (QED) is 0.797. The van der Waals surface area contributed by atoms with Crippen molar-refractivity contribution >= 4 is 5.97 Å². The molecule has 0 aliphatic carbocycles. The van der Waals surface area contributed by atoms with Gasteiger partial charge in [-0.3, -0.25) is 4.79 Å². The first-order valence-electron chi connectivity index (χ1n) is 5.29. The number of hydrogen-bond acceptors (Lipinski definition) is 3. The first kappa shape index (κ1) is 13.6. The lowest BCUT2D eigenvalue weighted by molar-refractivity contribution is -0.137. The summed E-state index contributed by atoms with van der Waals surface area (Å²) < 4.78 is 18.5. The topological polar surface area (TPSA) is 72.5 Å². The van der Waals surface area contributed by atoms with Crippen LogP contribution in [0.5, 0.6) is 0 Å². The zero-order valence-corrected chi connectivity index (χ0v) is 9.65. The van der Waals surface area contributed by atoms with E-state index in [1.54, 1.807) is 19.2 Å². The summed E-state index contributed by atoms with van der Waals surface area (Å²) in [4.78, 5) is 10.4. The summed E-state index contributed by atoms with van der Waals surface area (Å²) in [6, 6.07) is 3.95. The van der Waals surface area contributed by atoms with Crippen molar-refractivity contribution in [3.8, 4) is 0 Å². The fourth-order valence-electron chi connectivity index (χ4n) is 1.57. The Morgan fingerprint density at radius 2 is 2.29 bits per heavy atom. The maximum Gasteiger partial charge on any atom is 0.303 e. The van der Waals surface area contributed by atoms with Gasteiger partial charge in [0.25, 0.3) is 0 Å². The van der Waals surface area contributed by atoms with Gasteiger partial charge in [0, 0.05) is 25.1 Å². The smallest absolute Gasteiger partial charge is 0.303 e. The van der Waals surface area contributed by atoms with Gasteiger partial charge in [-0.1, -0.05) is 6.07 Å². The van der Waals surface area contributed by atoms with Gasteiger partial charge in [-0.05, 0) is 24.1 Å². The Kier molecular flexibility index (Phi) is 5.06. The van der Waals surface area contributed by atoms with Gasteiger partial charge in [0.15, 0.2) is 0 Å². The predicted octanol–water partition coefficient (Wildman–Crippen LogP) is 1.84. The summed E-state index contributed by atoms with van der Waals surface area (Å²) in [6.07, 6.45) is 0.137. The van der Waals surface area contributed by atoms with E-state index >= 15 is 0 Å². The molecule has 17 heavy (non-hydrogen) atoms. The second kappa shape index (κ2) is 6.32. The van der Waals surface area contributed by atoms with Crippen LogP contribution in [0.15, 0.2) is 18.2 Å². The maximum absolute atomic E-state index is 13.5. The molecular weight excluding hydrogens is 225 g/mol. The van der Waals surface area contributed by atoms with Crippen molar-refractivity contribution in [2.75, 3.05) is 7.11 Å². The molecule has 1 unspecified atom stereocenters. The van der Waals surface area contributed by atoms with E-state index in [9.17, 15) is 9.18 Å². The molecule has 1 rings (SSSR count). The van der Waals surface area contributed by atoms with Gasteiger partial charge in [-0.2, -0.15) is 0 Å². The summed E-state index contributed by atoms with van der Waals surface area (Å²) in [7, 11) is 1.55. The van der Waals surface area contributed by atoms with Crippen LogP contribution >= 0.6 is 0 Å². The SMILES string of the molecule is COCc1ccc(F)c(C(N)CCC(=O)O)c1. The standard InChI is InChI=1S/C12H16FNO3/c1-17-7-8-2-3-10(13)9(6-8)11(14)4-5-12(15)16/h2-3,6,11H,4-5,7,14H2,1H3,(H,15,16). The number of rotatable bonds is 6. The van der Waals surface area contributed by atoms with Crippen molar-refractivity contribution in [2.45, 2.75) is 25.5 Å². The van der Waals surface area contributed by atoms with Crippen LogP contribution in [0.2, 0.25) is 0 Å². The van der Waals surface area contributed by atoms with Crippen LogP contribution in [0.25, 0.3) is 0 Å². The molecule has 0 aliphatic rings. The Morgan fingerprint density at radius 3 is 2.88 bits per heavy atom. The highest BCUT2D eigenvalue weighted by atomic mass is 19.1. The molecule has 0 spiro atoms. The molecule has 0 aromatic heterocycles. The van der Waals surface area contributed by atoms with Crippen LogP contribution < -0.4 is 5.73 Å². The molecular formula is C12H16FNO3. The Labute approximate surface area is 99.2 Å². The lowest BCUT2D eigenvalue weighted by Crippen LogP contribution is -2.14. The minimum Gasteiger partial charge on any atom is -0.481 e. The van der Waals surface area contributed by atoms with Gasteiger partial charge in [-0.25, -0.2) is 4.39 Å². The second-order valence-electron chi connectivity index (χ2n) is 3.83. The molecule has 1 aromatic carbocycles. The fraction of sp³-hybridized carbons (Fsp3) is 0.417. The van der Waals surface area contributed by atoms with Crippen LogP contribution in [0.4, 0.5) is 4.39 Å². The van der Waals surface area contributed by atoms with Crippen LogP contribution in [0, 0.1) is 5.82 Å². The number of carbonyl (C=O) groups is 1. The molecule has 0 aliphatic heterocycles. The number of methoxy groups -OCH3 is 1. The molecule has 0 fully saturated rings. The van der Waals surface area contributed by atoms with E-state index in [4.69, 9.17) is 15.6 Å². The third-order valence-corrected chi connectivity index (χ3v) is 2.44. The Balaban J connectivity index is 2.79. The zero-order chi connectivity index (χ0) is 12.8. The second-order valence-corrected chi connectivity index (χ2v) is 3.83. The summed E-state index contributed by atoms with van der Waals surface area (Å²) in [5.74, 6) is -1.35. The van der Waals surface area contributed by atoms with Gasteiger partial charge in [0.1, 0.15) is 5.82 Å². The summed E-state index contributed by atoms with van der Waals surface area (Å²) in [5, 5.41) is 8.55. The molecule has 1 atom stereocenters. The van der Waals surface area contributed by atoms with E-state index in [1.165, 1.54) is 6.07 Å². The third kappa shape index (κ3) is 4.13. The van der Waals surface area contributed by atoms with E-state index in [0.717, 1.165) is 5.56 Å². The highest BCUT2D eigenvalue weighted by Gasteiger charge is 2.13. The number of ether oxygens (including phenoxy) is 1. The first-order chi connectivity index (χ1) is 8.04. The molecule has 4 nitrogen and oxygen atoms in total. The van der Waals surface area contributed by atoms with Crippen molar-refractivity contribution in [3.05, 3.63) is 35.1 Å². The molecule has 0 saturated carbocycles. The molecule has 1 aromatic rings. The van der Waals surface area contributed by atoms with Crippen LogP contribution in [-0.2, 0) is 16.1 Å². The van der Waals surface area contributed by atoms with Crippen LogP contribution in [0.1, 0.15) is 30.0 Å². The average molecular weight is 241 g/mol. The van der Waals surface area contributed by atoms with E-state index in [1.807, 2.05) is 0 Å². The molecule has 0 amide bonds. The first-order valence-corrected chi connectivity index (χ1v) is 5.29. The van der Waals surface area contributed by atoms with E-state index in [2.05, 4.69) is 0 Å². The molecule has 0 saturated heterocycles. The highest BCUT2D eigenvalue weighted by molar-refractivity contribution is 5.66. The van der Waals surface area contributed by atoms with Crippen molar-refractivity contribution in [2.24, 2.45) is 5.73 Å². The molecule has 0 heterocycles. The van der Waals surface area contributed by atoms with Gasteiger partial charge in [-0.15, -0.1) is 0 Å². The number of carboxylic acids is 1. The molecule has 94 valence electrons. The lowest BCUT2D eigenvalue weighted by atomic mass is 10.00. The summed E-state index contributed by atoms with van der Waals surface area (Å²) >= 11 is 0. The monoisotopic (exact) mass is 241 g/mol. The van der Waals surface area contributed by atoms with Gasteiger partial charge in [0.2, 0.25) is 0 Å². The number of aliphatic carboxylic acids is 1. The van der Waals surface area contributed by atoms with Gasteiger partial charge >= 0.3 is 5.97 Å². The zero-order valence-electron chi connectivity index (χ0n) is 9.65. The van der Waals surface area contributed by atoms with E-state index < -0.39 is 17.8 Å². The van der Waals surface area contributed by atoms with Crippen molar-refractivity contribution in [1.82, 2.24) is 0 Å². The predicted molar refractivity (Wildman–Crippen MR) is 60.9 cm³/mol. The lowest BCUT2D eigenvalue weighted by Gasteiger charge is -2.13.